The van der Waals surface area contributed by atoms with Crippen molar-refractivity contribution in [2.24, 2.45) is 0 Å². The first-order chi connectivity index (χ1) is 11.0. The van der Waals surface area contributed by atoms with Crippen LogP contribution in [0.1, 0.15) is 15.9 Å². The fourth-order valence-electron chi connectivity index (χ4n) is 2.02. The minimum absolute atomic E-state index is 0.134. The van der Waals surface area contributed by atoms with Gasteiger partial charge in [-0.15, -0.1) is 0 Å². The number of hydrogen-bond acceptors (Lipinski definition) is 6. The number of phenols is 2. The summed E-state index contributed by atoms with van der Waals surface area (Å²) in [4.78, 5) is 12.1. The second-order valence-corrected chi connectivity index (χ2v) is 4.78. The number of methoxy groups -OCH3 is 2. The van der Waals surface area contributed by atoms with Crippen LogP contribution in [0.5, 0.6) is 23.0 Å². The summed E-state index contributed by atoms with van der Waals surface area (Å²) in [5.74, 6) is -0.255. The number of benzene rings is 2. The minimum Gasteiger partial charge on any atom is -0.508 e. The smallest absolute Gasteiger partial charge is 0.338 e. The average Bonchev–Trinajstić information content (AvgIpc) is 2.56. The van der Waals surface area contributed by atoms with Crippen LogP contribution in [0.2, 0.25) is 0 Å². The molecular formula is C17H18O6. The van der Waals surface area contributed by atoms with E-state index in [1.807, 2.05) is 0 Å². The van der Waals surface area contributed by atoms with Gasteiger partial charge in [-0.3, -0.25) is 0 Å². The van der Waals surface area contributed by atoms with Crippen molar-refractivity contribution in [3.8, 4) is 23.0 Å². The number of ether oxygens (including phenoxy) is 3. The molecule has 2 N–H and O–H groups in total. The molecule has 0 saturated carbocycles. The van der Waals surface area contributed by atoms with Crippen molar-refractivity contribution in [1.29, 1.82) is 0 Å². The maximum Gasteiger partial charge on any atom is 0.338 e. The van der Waals surface area contributed by atoms with Gasteiger partial charge in [0.2, 0.25) is 5.75 Å². The van der Waals surface area contributed by atoms with Crippen molar-refractivity contribution in [1.82, 2.24) is 0 Å². The molecule has 23 heavy (non-hydrogen) atoms. The van der Waals surface area contributed by atoms with Crippen molar-refractivity contribution in [3.63, 3.8) is 0 Å². The lowest BCUT2D eigenvalue weighted by molar-refractivity contribution is 0.0508. The van der Waals surface area contributed by atoms with Gasteiger partial charge in [-0.2, -0.15) is 0 Å². The molecular weight excluding hydrogens is 300 g/mol. The lowest BCUT2D eigenvalue weighted by Crippen LogP contribution is -2.08. The summed E-state index contributed by atoms with van der Waals surface area (Å²) >= 11 is 0. The molecule has 0 aliphatic heterocycles. The van der Waals surface area contributed by atoms with Crippen LogP contribution in [0.3, 0.4) is 0 Å². The summed E-state index contributed by atoms with van der Waals surface area (Å²) in [6, 6.07) is 9.45. The highest BCUT2D eigenvalue weighted by atomic mass is 16.5. The van der Waals surface area contributed by atoms with Gasteiger partial charge >= 0.3 is 5.97 Å². The molecule has 0 heterocycles. The minimum atomic E-state index is -0.541. The molecule has 122 valence electrons. The van der Waals surface area contributed by atoms with Crippen molar-refractivity contribution < 1.29 is 29.2 Å². The second-order valence-electron chi connectivity index (χ2n) is 4.78. The van der Waals surface area contributed by atoms with Crippen molar-refractivity contribution in [2.75, 3.05) is 20.8 Å². The molecule has 0 atom stereocenters. The standard InChI is InChI=1S/C17H18O6/c1-21-14-9-12(10-15(22-2)16(14)19)17(20)23-8-7-11-3-5-13(18)6-4-11/h3-6,9-10,18-19H,7-8H2,1-2H3. The van der Waals surface area contributed by atoms with Gasteiger partial charge in [0.15, 0.2) is 11.5 Å². The predicted molar refractivity (Wildman–Crippen MR) is 83.3 cm³/mol. The van der Waals surface area contributed by atoms with Crippen LogP contribution in [0.25, 0.3) is 0 Å². The quantitative estimate of drug-likeness (QED) is 0.796. The summed E-state index contributed by atoms with van der Waals surface area (Å²) < 4.78 is 15.2. The Bertz CT molecular complexity index is 653. The summed E-state index contributed by atoms with van der Waals surface area (Å²) in [6.45, 7) is 0.190. The summed E-state index contributed by atoms with van der Waals surface area (Å²) in [5.41, 5.74) is 1.17. The predicted octanol–water partition coefficient (Wildman–Crippen LogP) is 2.51. The fourth-order valence-corrected chi connectivity index (χ4v) is 2.02. The number of carbonyl (C=O) groups is 1. The van der Waals surface area contributed by atoms with Crippen LogP contribution >= 0.6 is 0 Å². The molecule has 0 aromatic heterocycles. The summed E-state index contributed by atoms with van der Waals surface area (Å²) in [7, 11) is 2.77. The third-order valence-corrected chi connectivity index (χ3v) is 3.28. The van der Waals surface area contributed by atoms with E-state index < -0.39 is 5.97 Å². The van der Waals surface area contributed by atoms with Crippen molar-refractivity contribution in [3.05, 3.63) is 47.5 Å². The van der Waals surface area contributed by atoms with Crippen LogP contribution in [0.4, 0.5) is 0 Å². The molecule has 2 aromatic carbocycles. The number of esters is 1. The number of carbonyl (C=O) groups excluding carboxylic acids is 1. The third-order valence-electron chi connectivity index (χ3n) is 3.28. The Balaban J connectivity index is 2.01. The number of phenolic OH excluding ortho intramolecular Hbond substituents is 2. The highest BCUT2D eigenvalue weighted by molar-refractivity contribution is 5.91. The maximum absolute atomic E-state index is 12.1. The normalized spacial score (nSPS) is 10.2. The molecule has 0 bridgehead atoms. The van der Waals surface area contributed by atoms with E-state index in [1.165, 1.54) is 26.4 Å². The Hall–Kier alpha value is -2.89. The molecule has 0 unspecified atom stereocenters. The monoisotopic (exact) mass is 318 g/mol. The van der Waals surface area contributed by atoms with Crippen LogP contribution < -0.4 is 9.47 Å². The largest absolute Gasteiger partial charge is 0.508 e. The van der Waals surface area contributed by atoms with Crippen molar-refractivity contribution >= 4 is 5.97 Å². The lowest BCUT2D eigenvalue weighted by atomic mass is 10.1. The fraction of sp³-hybridized carbons (Fsp3) is 0.235. The zero-order valence-electron chi connectivity index (χ0n) is 12.9. The van der Waals surface area contributed by atoms with E-state index in [9.17, 15) is 15.0 Å². The number of hydrogen-bond donors (Lipinski definition) is 2. The lowest BCUT2D eigenvalue weighted by Gasteiger charge is -2.11. The molecule has 0 aliphatic rings. The van der Waals surface area contributed by atoms with E-state index in [-0.39, 0.29) is 35.2 Å². The SMILES string of the molecule is COc1cc(C(=O)OCCc2ccc(O)cc2)cc(OC)c1O. The van der Waals surface area contributed by atoms with E-state index in [1.54, 1.807) is 24.3 Å². The summed E-state index contributed by atoms with van der Waals surface area (Å²) in [5, 5.41) is 19.0. The van der Waals surface area contributed by atoms with E-state index in [4.69, 9.17) is 14.2 Å². The zero-order valence-corrected chi connectivity index (χ0v) is 12.9. The molecule has 6 nitrogen and oxygen atoms in total. The Labute approximate surface area is 133 Å². The zero-order chi connectivity index (χ0) is 16.8. The van der Waals surface area contributed by atoms with Gasteiger partial charge in [-0.25, -0.2) is 4.79 Å². The number of rotatable bonds is 6. The van der Waals surface area contributed by atoms with Crippen LogP contribution in [0.15, 0.2) is 36.4 Å². The van der Waals surface area contributed by atoms with Gasteiger partial charge in [0.1, 0.15) is 5.75 Å². The second kappa shape index (κ2) is 7.40. The summed E-state index contributed by atoms with van der Waals surface area (Å²) in [6.07, 6.45) is 0.526. The van der Waals surface area contributed by atoms with Gasteiger partial charge in [-0.1, -0.05) is 12.1 Å². The highest BCUT2D eigenvalue weighted by Crippen LogP contribution is 2.37. The Kier molecular flexibility index (Phi) is 5.30. The average molecular weight is 318 g/mol. The van der Waals surface area contributed by atoms with Gasteiger partial charge in [0, 0.05) is 6.42 Å². The third kappa shape index (κ3) is 4.06. The first-order valence-electron chi connectivity index (χ1n) is 6.95. The number of aromatic hydroxyl groups is 2. The highest BCUT2D eigenvalue weighted by Gasteiger charge is 2.16. The molecule has 0 fully saturated rings. The molecule has 0 amide bonds. The van der Waals surface area contributed by atoms with Gasteiger partial charge in [0.05, 0.1) is 26.4 Å². The van der Waals surface area contributed by atoms with E-state index in [2.05, 4.69) is 0 Å². The molecule has 0 spiro atoms. The van der Waals surface area contributed by atoms with E-state index in [0.29, 0.717) is 6.42 Å². The Morgan fingerprint density at radius 3 is 2.09 bits per heavy atom. The first kappa shape index (κ1) is 16.5. The molecule has 0 aliphatic carbocycles. The van der Waals surface area contributed by atoms with Gasteiger partial charge in [0.25, 0.3) is 0 Å². The van der Waals surface area contributed by atoms with Crippen LogP contribution in [-0.2, 0) is 11.2 Å². The van der Waals surface area contributed by atoms with Gasteiger partial charge < -0.3 is 24.4 Å². The maximum atomic E-state index is 12.1. The Morgan fingerprint density at radius 2 is 1.57 bits per heavy atom. The molecule has 6 heteroatoms. The van der Waals surface area contributed by atoms with Crippen molar-refractivity contribution in [2.45, 2.75) is 6.42 Å². The van der Waals surface area contributed by atoms with E-state index >= 15 is 0 Å². The first-order valence-corrected chi connectivity index (χ1v) is 6.95. The topological polar surface area (TPSA) is 85.2 Å². The van der Waals surface area contributed by atoms with Gasteiger partial charge in [-0.05, 0) is 29.8 Å². The Morgan fingerprint density at radius 1 is 1.00 bits per heavy atom. The molecule has 2 rings (SSSR count). The van der Waals surface area contributed by atoms with Crippen LogP contribution in [-0.4, -0.2) is 37.0 Å². The van der Waals surface area contributed by atoms with E-state index in [0.717, 1.165) is 5.56 Å². The molecule has 0 saturated heterocycles. The molecule has 2 aromatic rings. The van der Waals surface area contributed by atoms with Crippen LogP contribution in [0, 0.1) is 0 Å². The molecule has 0 radical (unpaired) electrons.